The van der Waals surface area contributed by atoms with E-state index in [9.17, 15) is 25.9 Å². The molecule has 13 heteroatoms. The van der Waals surface area contributed by atoms with Crippen LogP contribution in [0, 0.1) is 0 Å². The van der Waals surface area contributed by atoms with Gasteiger partial charge >= 0.3 is 29.6 Å². The summed E-state index contributed by atoms with van der Waals surface area (Å²) in [7, 11) is -8.71. The second kappa shape index (κ2) is 20.9. The Balaban J connectivity index is 0.00000729. The van der Waals surface area contributed by atoms with Crippen molar-refractivity contribution < 1.29 is 64.8 Å². The van der Waals surface area contributed by atoms with Crippen LogP contribution in [0.4, 0.5) is 17.1 Å². The fourth-order valence-electron chi connectivity index (χ4n) is 5.75. The molecule has 0 unspecified atom stereocenters. The van der Waals surface area contributed by atoms with E-state index in [1.807, 2.05) is 113 Å². The number of ether oxygens (including phenoxy) is 1. The predicted octanol–water partition coefficient (Wildman–Crippen LogP) is 3.71. The van der Waals surface area contributed by atoms with E-state index < -0.39 is 31.7 Å². The number of benzene rings is 3. The molecule has 4 rings (SSSR count). The zero-order valence-corrected chi connectivity index (χ0v) is 34.2. The number of anilines is 3. The van der Waals surface area contributed by atoms with Gasteiger partial charge in [-0.1, -0.05) is 51.0 Å². The first-order valence-electron chi connectivity index (χ1n) is 17.4. The summed E-state index contributed by atoms with van der Waals surface area (Å²) in [5, 5.41) is 3.43. The number of allylic oxidation sites excluding steroid dienone is 5. The van der Waals surface area contributed by atoms with Crippen LogP contribution < -0.4 is 44.5 Å². The minimum Gasteiger partial charge on any atom is -0.748 e. The molecule has 0 saturated carbocycles. The Labute approximate surface area is 331 Å². The summed E-state index contributed by atoms with van der Waals surface area (Å²) >= 11 is 0. The van der Waals surface area contributed by atoms with Crippen molar-refractivity contribution in [2.45, 2.75) is 46.5 Å². The average molecular weight is 758 g/mol. The van der Waals surface area contributed by atoms with Crippen molar-refractivity contribution in [2.24, 2.45) is 0 Å². The maximum atomic E-state index is 11.4. The number of nitrogens with one attached hydrogen (secondary N) is 1. The van der Waals surface area contributed by atoms with Gasteiger partial charge in [-0.25, -0.2) is 21.4 Å². The summed E-state index contributed by atoms with van der Waals surface area (Å²) in [4.78, 5) is 1.94. The molecule has 0 aromatic heterocycles. The fourth-order valence-corrected chi connectivity index (χ4v) is 6.64. The predicted molar refractivity (Wildman–Crippen MR) is 204 cm³/mol. The van der Waals surface area contributed by atoms with Gasteiger partial charge in [-0.2, -0.15) is 0 Å². The van der Waals surface area contributed by atoms with Crippen molar-refractivity contribution in [1.29, 1.82) is 0 Å². The van der Waals surface area contributed by atoms with Gasteiger partial charge < -0.3 is 24.1 Å². The van der Waals surface area contributed by atoms with Crippen LogP contribution in [0.25, 0.3) is 5.57 Å². The van der Waals surface area contributed by atoms with E-state index in [0.29, 0.717) is 19.7 Å². The first-order valence-corrected chi connectivity index (χ1v) is 20.6. The second-order valence-corrected chi connectivity index (χ2v) is 15.4. The molecule has 1 aliphatic carbocycles. The number of nitrogens with zero attached hydrogens (tertiary/aromatic N) is 2. The third-order valence-electron chi connectivity index (χ3n) is 8.46. The largest absolute Gasteiger partial charge is 1.00 e. The molecule has 274 valence electrons. The quantitative estimate of drug-likeness (QED) is 0.110. The van der Waals surface area contributed by atoms with Crippen molar-refractivity contribution in [2.75, 3.05) is 54.5 Å². The zero-order chi connectivity index (χ0) is 36.9. The van der Waals surface area contributed by atoms with E-state index >= 15 is 0 Å². The van der Waals surface area contributed by atoms with E-state index in [2.05, 4.69) is 19.2 Å². The normalized spacial score (nSPS) is 12.7. The Morgan fingerprint density at radius 2 is 1.23 bits per heavy atom. The van der Waals surface area contributed by atoms with Crippen molar-refractivity contribution in [3.63, 3.8) is 0 Å². The van der Waals surface area contributed by atoms with Crippen molar-refractivity contribution in [1.82, 2.24) is 0 Å². The Bertz CT molecular complexity index is 1920. The van der Waals surface area contributed by atoms with Crippen LogP contribution in [0.1, 0.15) is 57.6 Å². The van der Waals surface area contributed by atoms with Crippen molar-refractivity contribution in [3.05, 3.63) is 114 Å². The van der Waals surface area contributed by atoms with E-state index in [-0.39, 0.29) is 42.6 Å². The summed E-state index contributed by atoms with van der Waals surface area (Å²) in [6, 6.07) is 23.8. The molecule has 1 aliphatic rings. The van der Waals surface area contributed by atoms with Crippen molar-refractivity contribution in [3.8, 4) is 5.75 Å². The molecule has 10 nitrogen and oxygen atoms in total. The Morgan fingerprint density at radius 1 is 0.692 bits per heavy atom. The topological polar surface area (TPSA) is 142 Å². The van der Waals surface area contributed by atoms with E-state index in [1.165, 1.54) is 0 Å². The summed E-state index contributed by atoms with van der Waals surface area (Å²) in [6.07, 6.45) is 11.5. The van der Waals surface area contributed by atoms with Gasteiger partial charge in [0.15, 0.2) is 12.3 Å². The molecule has 0 atom stereocenters. The summed E-state index contributed by atoms with van der Waals surface area (Å²) in [5.74, 6) is -0.118. The van der Waals surface area contributed by atoms with Gasteiger partial charge in [0.2, 0.25) is 0 Å². The van der Waals surface area contributed by atoms with E-state index in [1.54, 1.807) is 0 Å². The van der Waals surface area contributed by atoms with Crippen LogP contribution in [0.5, 0.6) is 5.75 Å². The molecule has 0 radical (unpaired) electrons. The number of hydrogen-bond donors (Lipinski definition) is 1. The summed E-state index contributed by atoms with van der Waals surface area (Å²) < 4.78 is 76.0. The molecule has 0 aliphatic heterocycles. The van der Waals surface area contributed by atoms with Gasteiger partial charge in [0.1, 0.15) is 22.4 Å². The van der Waals surface area contributed by atoms with Crippen LogP contribution in [-0.2, 0) is 20.2 Å². The van der Waals surface area contributed by atoms with Crippen LogP contribution in [0.3, 0.4) is 0 Å². The standard InChI is InChI=1S/C39H49N3O7S2.Na/c1-4-7-25-41(27-29-50(43,44)45)36-19-11-32(12-20-36)39(31-9-15-34(16-10-31)40-35-17-23-38(24-18-35)49-6-3)33-13-21-37(22-14-33)42(26-8-5-2)28-30-51(46,47)48;/h9-24H,4-8,25-30H2,1-3H3,(H2,43,44,45,46,47,48);/q;+1/p-1. The minimum atomic E-state index is -4.36. The third-order valence-corrected chi connectivity index (χ3v) is 9.82. The Kier molecular flexibility index (Phi) is 17.3. The van der Waals surface area contributed by atoms with Crippen LogP contribution in [0.2, 0.25) is 0 Å². The Hall–Kier alpha value is -3.23. The smallest absolute Gasteiger partial charge is 0.748 e. The minimum absolute atomic E-state index is 0. The van der Waals surface area contributed by atoms with Gasteiger partial charge in [0, 0.05) is 48.7 Å². The number of rotatable bonds is 19. The van der Waals surface area contributed by atoms with E-state index in [4.69, 9.17) is 4.74 Å². The molecule has 3 aromatic rings. The molecule has 1 N–H and O–H groups in total. The van der Waals surface area contributed by atoms with Gasteiger partial charge in [0.05, 0.1) is 28.2 Å². The van der Waals surface area contributed by atoms with Gasteiger partial charge in [-0.3, -0.25) is 0 Å². The molecule has 3 aromatic carbocycles. The van der Waals surface area contributed by atoms with Crippen LogP contribution in [0.15, 0.2) is 103 Å². The zero-order valence-electron chi connectivity index (χ0n) is 30.6. The molecule has 0 heterocycles. The number of unbranched alkanes of at least 4 members (excludes halogenated alkanes) is 2. The number of hydrogen-bond acceptors (Lipinski definition) is 9. The van der Waals surface area contributed by atoms with E-state index in [0.717, 1.165) is 76.5 Å². The molecule has 0 saturated heterocycles. The summed E-state index contributed by atoms with van der Waals surface area (Å²) in [6.45, 7) is 8.18. The molecule has 0 bridgehead atoms. The molecular weight excluding hydrogens is 710 g/mol. The van der Waals surface area contributed by atoms with Crippen LogP contribution >= 0.6 is 0 Å². The SMILES string of the molecule is CCCCN(CCS(=O)(=O)[O-])c1ccc(C(=C2C=CC(=[N+](CCCC)CCS(=O)(=O)[O-])C=C2)c2ccc(Nc3ccc(OCC)cc3)cc2)cc1.[Na+]. The molecule has 52 heavy (non-hydrogen) atoms. The Morgan fingerprint density at radius 3 is 1.75 bits per heavy atom. The first kappa shape index (κ1) is 43.2. The average Bonchev–Trinajstić information content (AvgIpc) is 3.10. The molecule has 0 spiro atoms. The molecule has 0 fully saturated rings. The summed E-state index contributed by atoms with van der Waals surface area (Å²) in [5.41, 5.74) is 7.31. The van der Waals surface area contributed by atoms with Gasteiger partial charge in [-0.15, -0.1) is 0 Å². The van der Waals surface area contributed by atoms with Crippen LogP contribution in [-0.4, -0.2) is 80.5 Å². The first-order chi connectivity index (χ1) is 24.4. The fraction of sp³-hybridized carbons (Fsp3) is 0.359. The maximum Gasteiger partial charge on any atom is 1.00 e. The third kappa shape index (κ3) is 14.0. The monoisotopic (exact) mass is 757 g/mol. The van der Waals surface area contributed by atoms with Crippen molar-refractivity contribution >= 4 is 48.6 Å². The maximum absolute atomic E-state index is 11.4. The molecular formula is C39H48N3NaO7S2. The van der Waals surface area contributed by atoms with Gasteiger partial charge in [0.25, 0.3) is 0 Å². The second-order valence-electron chi connectivity index (χ2n) is 12.3. The van der Waals surface area contributed by atoms with Gasteiger partial charge in [-0.05, 0) is 96.3 Å². The molecule has 0 amide bonds.